The van der Waals surface area contributed by atoms with Gasteiger partial charge in [0.05, 0.1) is 18.1 Å². The van der Waals surface area contributed by atoms with Gasteiger partial charge in [0.1, 0.15) is 5.75 Å². The van der Waals surface area contributed by atoms with Gasteiger partial charge in [-0.2, -0.15) is 0 Å². The summed E-state index contributed by atoms with van der Waals surface area (Å²) in [5.74, 6) is -1.13. The number of rotatable bonds is 3. The van der Waals surface area contributed by atoms with E-state index in [2.05, 4.69) is 0 Å². The number of hydrogen-bond donors (Lipinski definition) is 1. The van der Waals surface area contributed by atoms with E-state index >= 15 is 0 Å². The first-order valence-electron chi connectivity index (χ1n) is 6.33. The van der Waals surface area contributed by atoms with Crippen molar-refractivity contribution in [3.63, 3.8) is 0 Å². The van der Waals surface area contributed by atoms with Crippen molar-refractivity contribution >= 4 is 23.5 Å². The monoisotopic (exact) mass is 297 g/mol. The largest absolute Gasteiger partial charge is 0.495 e. The van der Waals surface area contributed by atoms with Crippen LogP contribution >= 0.6 is 11.6 Å². The van der Waals surface area contributed by atoms with E-state index in [4.69, 9.17) is 21.4 Å². The van der Waals surface area contributed by atoms with E-state index in [0.717, 1.165) is 0 Å². The Labute approximate surface area is 122 Å². The molecule has 2 unspecified atom stereocenters. The molecule has 2 rings (SSSR count). The number of ether oxygens (including phenoxy) is 1. The number of likely N-dealkylation sites (tertiary alicyclic amines) is 1. The molecule has 2 atom stereocenters. The normalized spacial score (nSPS) is 21.9. The lowest BCUT2D eigenvalue weighted by molar-refractivity contribution is -0.142. The van der Waals surface area contributed by atoms with Gasteiger partial charge in [-0.05, 0) is 31.5 Å². The average molecular weight is 298 g/mol. The van der Waals surface area contributed by atoms with Crippen LogP contribution in [0, 0.1) is 5.92 Å². The van der Waals surface area contributed by atoms with E-state index < -0.39 is 11.9 Å². The molecule has 0 aromatic heterocycles. The van der Waals surface area contributed by atoms with E-state index in [9.17, 15) is 9.59 Å². The summed E-state index contributed by atoms with van der Waals surface area (Å²) in [7, 11) is 1.48. The summed E-state index contributed by atoms with van der Waals surface area (Å²) in [4.78, 5) is 25.1. The Morgan fingerprint density at radius 1 is 1.45 bits per heavy atom. The number of nitrogens with zero attached hydrogens (tertiary/aromatic N) is 1. The molecule has 0 aliphatic carbocycles. The Kier molecular flexibility index (Phi) is 4.18. The third kappa shape index (κ3) is 2.58. The highest BCUT2D eigenvalue weighted by Gasteiger charge is 2.38. The summed E-state index contributed by atoms with van der Waals surface area (Å²) in [5, 5.41) is 9.53. The van der Waals surface area contributed by atoms with Gasteiger partial charge in [0.15, 0.2) is 0 Å². The van der Waals surface area contributed by atoms with Crippen LogP contribution in [0.2, 0.25) is 5.02 Å². The summed E-state index contributed by atoms with van der Waals surface area (Å²) in [6.45, 7) is 2.21. The van der Waals surface area contributed by atoms with Gasteiger partial charge in [0.2, 0.25) is 0 Å². The van der Waals surface area contributed by atoms with Crippen LogP contribution in [0.4, 0.5) is 0 Å². The Morgan fingerprint density at radius 2 is 2.15 bits per heavy atom. The van der Waals surface area contributed by atoms with Crippen LogP contribution in [0.25, 0.3) is 0 Å². The summed E-state index contributed by atoms with van der Waals surface area (Å²) < 4.78 is 5.09. The van der Waals surface area contributed by atoms with Crippen molar-refractivity contribution in [3.05, 3.63) is 28.8 Å². The zero-order valence-electron chi connectivity index (χ0n) is 11.3. The summed E-state index contributed by atoms with van der Waals surface area (Å²) in [6.07, 6.45) is 0.479. The van der Waals surface area contributed by atoms with Crippen molar-refractivity contribution in [1.82, 2.24) is 4.90 Å². The molecule has 5 nitrogen and oxygen atoms in total. The molecule has 0 saturated carbocycles. The highest BCUT2D eigenvalue weighted by Crippen LogP contribution is 2.29. The van der Waals surface area contributed by atoms with Crippen molar-refractivity contribution in [2.24, 2.45) is 5.92 Å². The van der Waals surface area contributed by atoms with Gasteiger partial charge in [-0.25, -0.2) is 0 Å². The fraction of sp³-hybridized carbons (Fsp3) is 0.429. The van der Waals surface area contributed by atoms with Gasteiger partial charge in [-0.3, -0.25) is 9.59 Å². The highest BCUT2D eigenvalue weighted by molar-refractivity contribution is 6.32. The molecule has 1 saturated heterocycles. The summed E-state index contributed by atoms with van der Waals surface area (Å²) >= 11 is 5.93. The highest BCUT2D eigenvalue weighted by atomic mass is 35.5. The summed E-state index contributed by atoms with van der Waals surface area (Å²) in [5.41, 5.74) is 0.448. The first-order chi connectivity index (χ1) is 9.45. The molecule has 1 aliphatic rings. The third-order valence-electron chi connectivity index (χ3n) is 3.73. The lowest BCUT2D eigenvalue weighted by Crippen LogP contribution is -2.37. The number of carboxylic acid groups (broad SMARTS) is 1. The van der Waals surface area contributed by atoms with Gasteiger partial charge in [0, 0.05) is 18.2 Å². The molecular weight excluding hydrogens is 282 g/mol. The van der Waals surface area contributed by atoms with E-state index in [1.807, 2.05) is 0 Å². The minimum Gasteiger partial charge on any atom is -0.495 e. The van der Waals surface area contributed by atoms with E-state index in [1.165, 1.54) is 7.11 Å². The molecule has 20 heavy (non-hydrogen) atoms. The molecule has 1 heterocycles. The molecule has 1 aromatic carbocycles. The second kappa shape index (κ2) is 5.71. The molecule has 1 fully saturated rings. The summed E-state index contributed by atoms with van der Waals surface area (Å²) in [6, 6.07) is 4.48. The van der Waals surface area contributed by atoms with Crippen LogP contribution in [-0.2, 0) is 4.79 Å². The van der Waals surface area contributed by atoms with Gasteiger partial charge < -0.3 is 14.7 Å². The number of methoxy groups -OCH3 is 1. The van der Waals surface area contributed by atoms with Gasteiger partial charge >= 0.3 is 5.97 Å². The maximum atomic E-state index is 12.4. The number of carbonyl (C=O) groups is 2. The molecule has 0 spiro atoms. The zero-order chi connectivity index (χ0) is 14.9. The second-order valence-electron chi connectivity index (χ2n) is 4.82. The molecule has 1 aromatic rings. The molecule has 6 heteroatoms. The van der Waals surface area contributed by atoms with Crippen molar-refractivity contribution in [3.8, 4) is 5.75 Å². The van der Waals surface area contributed by atoms with Gasteiger partial charge in [-0.15, -0.1) is 0 Å². The third-order valence-corrected chi connectivity index (χ3v) is 4.04. The van der Waals surface area contributed by atoms with Crippen molar-refractivity contribution in [1.29, 1.82) is 0 Å². The standard InChI is InChI=1S/C14H16ClNO4/c1-8-10(14(18)19)5-6-16(8)13(17)9-3-4-11(15)12(7-9)20-2/h3-4,7-8,10H,5-6H2,1-2H3,(H,18,19). The number of benzene rings is 1. The fourth-order valence-electron chi connectivity index (χ4n) is 2.52. The Bertz CT molecular complexity index is 546. The van der Waals surface area contributed by atoms with Gasteiger partial charge in [0.25, 0.3) is 5.91 Å². The average Bonchev–Trinajstić information content (AvgIpc) is 2.80. The van der Waals surface area contributed by atoms with E-state index in [-0.39, 0.29) is 11.9 Å². The Hall–Kier alpha value is -1.75. The first kappa shape index (κ1) is 14.7. The van der Waals surface area contributed by atoms with Crippen LogP contribution in [0.5, 0.6) is 5.75 Å². The van der Waals surface area contributed by atoms with Crippen LogP contribution in [-0.4, -0.2) is 41.6 Å². The molecule has 1 N–H and O–H groups in total. The molecule has 0 bridgehead atoms. The first-order valence-corrected chi connectivity index (χ1v) is 6.70. The predicted molar refractivity (Wildman–Crippen MR) is 74.2 cm³/mol. The smallest absolute Gasteiger partial charge is 0.308 e. The second-order valence-corrected chi connectivity index (χ2v) is 5.23. The quantitative estimate of drug-likeness (QED) is 0.929. The van der Waals surface area contributed by atoms with Gasteiger partial charge in [-0.1, -0.05) is 11.6 Å². The number of aliphatic carboxylic acids is 1. The van der Waals surface area contributed by atoms with E-state index in [0.29, 0.717) is 29.3 Å². The number of halogens is 1. The van der Waals surface area contributed by atoms with Crippen molar-refractivity contribution in [2.45, 2.75) is 19.4 Å². The number of amides is 1. The van der Waals surface area contributed by atoms with Crippen LogP contribution < -0.4 is 4.74 Å². The molecular formula is C14H16ClNO4. The Morgan fingerprint density at radius 3 is 2.70 bits per heavy atom. The number of carboxylic acids is 1. The van der Waals surface area contributed by atoms with Crippen LogP contribution in [0.1, 0.15) is 23.7 Å². The molecule has 108 valence electrons. The Balaban J connectivity index is 2.22. The van der Waals surface area contributed by atoms with Crippen molar-refractivity contribution < 1.29 is 19.4 Å². The zero-order valence-corrected chi connectivity index (χ0v) is 12.1. The fourth-order valence-corrected chi connectivity index (χ4v) is 2.71. The SMILES string of the molecule is COc1cc(C(=O)N2CCC(C(=O)O)C2C)ccc1Cl. The topological polar surface area (TPSA) is 66.8 Å². The minimum absolute atomic E-state index is 0.198. The van der Waals surface area contributed by atoms with Crippen LogP contribution in [0.3, 0.4) is 0 Å². The number of carbonyl (C=O) groups excluding carboxylic acids is 1. The lowest BCUT2D eigenvalue weighted by Gasteiger charge is -2.23. The molecule has 1 aliphatic heterocycles. The van der Waals surface area contributed by atoms with Crippen LogP contribution in [0.15, 0.2) is 18.2 Å². The predicted octanol–water partition coefficient (Wildman–Crippen LogP) is 2.28. The minimum atomic E-state index is -0.860. The number of hydrogen-bond acceptors (Lipinski definition) is 3. The molecule has 1 amide bonds. The van der Waals surface area contributed by atoms with Crippen molar-refractivity contribution in [2.75, 3.05) is 13.7 Å². The molecule has 0 radical (unpaired) electrons. The van der Waals surface area contributed by atoms with E-state index in [1.54, 1.807) is 30.0 Å². The lowest BCUT2D eigenvalue weighted by atomic mass is 10.0. The maximum absolute atomic E-state index is 12.4. The maximum Gasteiger partial charge on any atom is 0.308 e.